The number of ether oxygens (including phenoxy) is 1. The molecule has 2 N–H and O–H groups in total. The van der Waals surface area contributed by atoms with E-state index >= 15 is 0 Å². The highest BCUT2D eigenvalue weighted by Crippen LogP contribution is 2.23. The maximum atomic E-state index is 12.0. The Bertz CT molecular complexity index is 667. The van der Waals surface area contributed by atoms with Crippen molar-refractivity contribution in [1.82, 2.24) is 5.32 Å². The molecule has 0 saturated heterocycles. The van der Waals surface area contributed by atoms with Gasteiger partial charge in [0, 0.05) is 5.56 Å². The van der Waals surface area contributed by atoms with Gasteiger partial charge >= 0.3 is 6.09 Å². The van der Waals surface area contributed by atoms with Gasteiger partial charge in [0.1, 0.15) is 5.00 Å². The predicted molar refractivity (Wildman–Crippen MR) is 78.6 cm³/mol. The fraction of sp³-hybridized carbons (Fsp3) is 0.0714. The van der Waals surface area contributed by atoms with E-state index in [0.29, 0.717) is 10.6 Å². The smallest absolute Gasteiger partial charge is 0.413 e. The Morgan fingerprint density at radius 2 is 1.76 bits per heavy atom. The van der Waals surface area contributed by atoms with Gasteiger partial charge in [0.05, 0.1) is 12.7 Å². The molecule has 0 aliphatic heterocycles. The van der Waals surface area contributed by atoms with Crippen LogP contribution in [0.4, 0.5) is 9.80 Å². The molecule has 0 radical (unpaired) electrons. The molecular weight excluding hydrogens is 292 g/mol. The van der Waals surface area contributed by atoms with Crippen molar-refractivity contribution in [3.05, 3.63) is 52.9 Å². The minimum Gasteiger partial charge on any atom is -0.453 e. The molecule has 1 heterocycles. The van der Waals surface area contributed by atoms with Crippen LogP contribution < -0.4 is 10.6 Å². The minimum absolute atomic E-state index is 0.203. The number of imide groups is 1. The molecule has 3 amide bonds. The fourth-order valence-electron chi connectivity index (χ4n) is 1.56. The van der Waals surface area contributed by atoms with E-state index in [1.807, 2.05) is 5.32 Å². The first kappa shape index (κ1) is 14.7. The second-order valence-electron chi connectivity index (χ2n) is 3.93. The third-order valence-corrected chi connectivity index (χ3v) is 3.40. The van der Waals surface area contributed by atoms with Crippen LogP contribution in [0.3, 0.4) is 0 Å². The number of carbonyl (C=O) groups is 3. The maximum Gasteiger partial charge on any atom is 0.413 e. The number of amides is 3. The van der Waals surface area contributed by atoms with Crippen LogP contribution in [0.2, 0.25) is 0 Å². The average molecular weight is 304 g/mol. The summed E-state index contributed by atoms with van der Waals surface area (Å²) in [5, 5.41) is 6.70. The third-order valence-electron chi connectivity index (χ3n) is 2.57. The van der Waals surface area contributed by atoms with Gasteiger partial charge in [-0.05, 0) is 23.6 Å². The van der Waals surface area contributed by atoms with Gasteiger partial charge in [-0.2, -0.15) is 0 Å². The molecule has 1 aromatic carbocycles. The summed E-state index contributed by atoms with van der Waals surface area (Å²) in [6, 6.07) is 10.1. The Kier molecular flexibility index (Phi) is 4.68. The molecule has 0 atom stereocenters. The van der Waals surface area contributed by atoms with E-state index < -0.39 is 12.0 Å². The van der Waals surface area contributed by atoms with Crippen LogP contribution in [0.5, 0.6) is 0 Å². The molecule has 7 heteroatoms. The van der Waals surface area contributed by atoms with Crippen molar-refractivity contribution < 1.29 is 19.1 Å². The number of alkyl carbamates (subject to hydrolysis) is 1. The molecule has 0 bridgehead atoms. The zero-order valence-corrected chi connectivity index (χ0v) is 11.9. The van der Waals surface area contributed by atoms with E-state index in [9.17, 15) is 14.4 Å². The van der Waals surface area contributed by atoms with Crippen molar-refractivity contribution in [2.75, 3.05) is 12.4 Å². The van der Waals surface area contributed by atoms with Crippen molar-refractivity contribution >= 4 is 34.2 Å². The Morgan fingerprint density at radius 3 is 2.43 bits per heavy atom. The highest BCUT2D eigenvalue weighted by molar-refractivity contribution is 7.14. The molecule has 1 aromatic heterocycles. The van der Waals surface area contributed by atoms with E-state index in [2.05, 4.69) is 10.1 Å². The number of hydrogen-bond donors (Lipinski definition) is 2. The Morgan fingerprint density at radius 1 is 1.05 bits per heavy atom. The normalized spacial score (nSPS) is 9.76. The van der Waals surface area contributed by atoms with Crippen LogP contribution in [-0.4, -0.2) is 25.0 Å². The second kappa shape index (κ2) is 6.67. The van der Waals surface area contributed by atoms with Crippen LogP contribution in [-0.2, 0) is 4.74 Å². The minimum atomic E-state index is -0.855. The van der Waals surface area contributed by atoms with Crippen LogP contribution in [0, 0.1) is 0 Å². The molecule has 0 aliphatic carbocycles. The van der Waals surface area contributed by atoms with Gasteiger partial charge in [0.25, 0.3) is 11.8 Å². The second-order valence-corrected chi connectivity index (χ2v) is 4.85. The van der Waals surface area contributed by atoms with Gasteiger partial charge in [0.15, 0.2) is 0 Å². The lowest BCUT2D eigenvalue weighted by Gasteiger charge is -2.06. The Labute approximate surface area is 124 Å². The van der Waals surface area contributed by atoms with Crippen LogP contribution >= 0.6 is 11.3 Å². The Hall–Kier alpha value is -2.67. The summed E-state index contributed by atoms with van der Waals surface area (Å²) in [7, 11) is 1.16. The maximum absolute atomic E-state index is 12.0. The number of benzene rings is 1. The van der Waals surface area contributed by atoms with Crippen molar-refractivity contribution in [2.45, 2.75) is 0 Å². The zero-order valence-electron chi connectivity index (χ0n) is 11.1. The molecule has 0 fully saturated rings. The quantitative estimate of drug-likeness (QED) is 0.912. The highest BCUT2D eigenvalue weighted by atomic mass is 32.1. The van der Waals surface area contributed by atoms with Crippen LogP contribution in [0.1, 0.15) is 20.7 Å². The van der Waals surface area contributed by atoms with E-state index in [-0.39, 0.29) is 11.5 Å². The molecular formula is C14H12N2O4S. The lowest BCUT2D eigenvalue weighted by atomic mass is 10.2. The van der Waals surface area contributed by atoms with E-state index in [1.165, 1.54) is 17.4 Å². The number of anilines is 1. The lowest BCUT2D eigenvalue weighted by molar-refractivity contribution is 0.0938. The molecule has 0 saturated carbocycles. The molecule has 0 spiro atoms. The van der Waals surface area contributed by atoms with Crippen LogP contribution in [0.15, 0.2) is 41.8 Å². The molecule has 108 valence electrons. The third kappa shape index (κ3) is 3.67. The Balaban J connectivity index is 2.12. The van der Waals surface area contributed by atoms with Gasteiger partial charge in [-0.1, -0.05) is 18.2 Å². The van der Waals surface area contributed by atoms with Gasteiger partial charge in [-0.15, -0.1) is 11.3 Å². The highest BCUT2D eigenvalue weighted by Gasteiger charge is 2.17. The topological polar surface area (TPSA) is 84.5 Å². The molecule has 0 unspecified atom stereocenters. The van der Waals surface area contributed by atoms with E-state index in [4.69, 9.17) is 0 Å². The summed E-state index contributed by atoms with van der Waals surface area (Å²) in [6.45, 7) is 0. The molecule has 2 rings (SSSR count). The van der Waals surface area contributed by atoms with Crippen molar-refractivity contribution in [3.63, 3.8) is 0 Å². The van der Waals surface area contributed by atoms with Crippen LogP contribution in [0.25, 0.3) is 0 Å². The number of hydrogen-bond acceptors (Lipinski definition) is 5. The summed E-state index contributed by atoms with van der Waals surface area (Å²) in [5.74, 6) is -0.961. The van der Waals surface area contributed by atoms with Gasteiger partial charge in [-0.3, -0.25) is 14.9 Å². The van der Waals surface area contributed by atoms with E-state index in [0.717, 1.165) is 7.11 Å². The van der Waals surface area contributed by atoms with Crippen molar-refractivity contribution in [1.29, 1.82) is 0 Å². The number of nitrogens with one attached hydrogen (secondary N) is 2. The summed E-state index contributed by atoms with van der Waals surface area (Å²) in [6.07, 6.45) is -0.855. The van der Waals surface area contributed by atoms with Crippen molar-refractivity contribution in [2.24, 2.45) is 0 Å². The number of carbonyl (C=O) groups excluding carboxylic acids is 3. The van der Waals surface area contributed by atoms with Gasteiger partial charge in [-0.25, -0.2) is 4.79 Å². The first-order valence-corrected chi connectivity index (χ1v) is 6.83. The summed E-state index contributed by atoms with van der Waals surface area (Å²) in [5.41, 5.74) is 0.680. The average Bonchev–Trinajstić information content (AvgIpc) is 2.96. The predicted octanol–water partition coefficient (Wildman–Crippen LogP) is 2.50. The molecule has 2 aromatic rings. The van der Waals surface area contributed by atoms with Gasteiger partial charge in [0.2, 0.25) is 0 Å². The van der Waals surface area contributed by atoms with Crippen molar-refractivity contribution in [3.8, 4) is 0 Å². The summed E-state index contributed by atoms with van der Waals surface area (Å²) < 4.78 is 4.35. The molecule has 21 heavy (non-hydrogen) atoms. The summed E-state index contributed by atoms with van der Waals surface area (Å²) >= 11 is 1.19. The first-order valence-electron chi connectivity index (χ1n) is 5.95. The molecule has 0 aliphatic rings. The van der Waals surface area contributed by atoms with E-state index in [1.54, 1.807) is 35.7 Å². The largest absolute Gasteiger partial charge is 0.453 e. The molecule has 6 nitrogen and oxygen atoms in total. The monoisotopic (exact) mass is 304 g/mol. The lowest BCUT2D eigenvalue weighted by Crippen LogP contribution is -2.30. The van der Waals surface area contributed by atoms with Gasteiger partial charge < -0.3 is 10.1 Å². The number of thiophene rings is 1. The standard InChI is InChI=1S/C14H12N2O4S/c1-20-14(19)16-12(18)10-7-8-21-13(10)15-11(17)9-5-3-2-4-6-9/h2-8H,1H3,(H,15,17)(H,16,18,19). The fourth-order valence-corrected chi connectivity index (χ4v) is 2.34. The SMILES string of the molecule is COC(=O)NC(=O)c1ccsc1NC(=O)c1ccccc1. The first-order chi connectivity index (χ1) is 10.1. The number of rotatable bonds is 3. The zero-order chi connectivity index (χ0) is 15.2. The number of methoxy groups -OCH3 is 1. The summed E-state index contributed by atoms with van der Waals surface area (Å²) in [4.78, 5) is 34.9.